The van der Waals surface area contributed by atoms with Crippen molar-refractivity contribution in [2.24, 2.45) is 11.7 Å². The molecule has 0 bridgehead atoms. The topological polar surface area (TPSA) is 106 Å². The summed E-state index contributed by atoms with van der Waals surface area (Å²) < 4.78 is 1.88. The summed E-state index contributed by atoms with van der Waals surface area (Å²) in [7, 11) is 0. The number of hydrogen-bond acceptors (Lipinski definition) is 4. The lowest BCUT2D eigenvalue weighted by Crippen LogP contribution is -2.45. The summed E-state index contributed by atoms with van der Waals surface area (Å²) in [5.74, 6) is 0.679. The van der Waals surface area contributed by atoms with Crippen LogP contribution in [0.15, 0.2) is 6.33 Å². The molecule has 2 heterocycles. The first kappa shape index (κ1) is 14.3. The number of urea groups is 1. The number of carbonyl (C=O) groups excluding carboxylic acids is 2. The number of aromatic nitrogens is 3. The second kappa shape index (κ2) is 6.36. The van der Waals surface area contributed by atoms with Crippen molar-refractivity contribution in [2.75, 3.05) is 13.1 Å². The molecule has 0 radical (unpaired) electrons. The van der Waals surface area contributed by atoms with Crippen molar-refractivity contribution in [3.05, 3.63) is 12.2 Å². The Hall–Kier alpha value is -2.12. The third-order valence-corrected chi connectivity index (χ3v) is 3.63. The second-order valence-corrected chi connectivity index (χ2v) is 4.85. The first-order valence-electron chi connectivity index (χ1n) is 6.80. The Kier molecular flexibility index (Phi) is 4.54. The van der Waals surface area contributed by atoms with Crippen molar-refractivity contribution in [3.8, 4) is 0 Å². The predicted molar refractivity (Wildman–Crippen MR) is 71.4 cm³/mol. The monoisotopic (exact) mass is 280 g/mol. The number of carbonyl (C=O) groups is 2. The Morgan fingerprint density at radius 1 is 1.45 bits per heavy atom. The SMILES string of the molecule is CCn1cnnc1CNC(=O)C1CCN(C(N)=O)CC1. The molecule has 1 saturated heterocycles. The van der Waals surface area contributed by atoms with E-state index in [4.69, 9.17) is 5.73 Å². The quantitative estimate of drug-likeness (QED) is 0.790. The highest BCUT2D eigenvalue weighted by Gasteiger charge is 2.26. The molecular formula is C12H20N6O2. The van der Waals surface area contributed by atoms with Crippen molar-refractivity contribution >= 4 is 11.9 Å². The molecule has 8 nitrogen and oxygen atoms in total. The minimum absolute atomic E-state index is 0.000210. The number of aryl methyl sites for hydroxylation is 1. The molecule has 0 aliphatic carbocycles. The zero-order valence-electron chi connectivity index (χ0n) is 11.6. The Bertz CT molecular complexity index is 478. The van der Waals surface area contributed by atoms with Crippen molar-refractivity contribution in [1.82, 2.24) is 25.0 Å². The average Bonchev–Trinajstić information content (AvgIpc) is 2.92. The van der Waals surface area contributed by atoms with Crippen LogP contribution in [0.25, 0.3) is 0 Å². The number of piperidine rings is 1. The van der Waals surface area contributed by atoms with E-state index in [1.54, 1.807) is 11.2 Å². The number of nitrogens with zero attached hydrogens (tertiary/aromatic N) is 4. The Morgan fingerprint density at radius 2 is 2.15 bits per heavy atom. The van der Waals surface area contributed by atoms with Crippen molar-refractivity contribution < 1.29 is 9.59 Å². The largest absolute Gasteiger partial charge is 0.351 e. The van der Waals surface area contributed by atoms with Crippen LogP contribution in [0.4, 0.5) is 4.79 Å². The average molecular weight is 280 g/mol. The number of likely N-dealkylation sites (tertiary alicyclic amines) is 1. The third kappa shape index (κ3) is 3.25. The van der Waals surface area contributed by atoms with E-state index in [2.05, 4.69) is 15.5 Å². The fraction of sp³-hybridized carbons (Fsp3) is 0.667. The number of amides is 3. The molecule has 1 aliphatic rings. The first-order valence-corrected chi connectivity index (χ1v) is 6.80. The smallest absolute Gasteiger partial charge is 0.314 e. The maximum Gasteiger partial charge on any atom is 0.314 e. The third-order valence-electron chi connectivity index (χ3n) is 3.63. The van der Waals surface area contributed by atoms with Gasteiger partial charge in [0.2, 0.25) is 5.91 Å². The van der Waals surface area contributed by atoms with Gasteiger partial charge in [-0.15, -0.1) is 10.2 Å². The highest BCUT2D eigenvalue weighted by atomic mass is 16.2. The lowest BCUT2D eigenvalue weighted by molar-refractivity contribution is -0.126. The van der Waals surface area contributed by atoms with Gasteiger partial charge in [0.1, 0.15) is 6.33 Å². The number of nitrogens with one attached hydrogen (secondary N) is 1. The lowest BCUT2D eigenvalue weighted by atomic mass is 9.96. The van der Waals surface area contributed by atoms with Gasteiger partial charge in [-0.2, -0.15) is 0 Å². The fourth-order valence-corrected chi connectivity index (χ4v) is 2.35. The van der Waals surface area contributed by atoms with Crippen LogP contribution in [0.2, 0.25) is 0 Å². The number of nitrogens with two attached hydrogens (primary N) is 1. The number of rotatable bonds is 4. The van der Waals surface area contributed by atoms with Gasteiger partial charge in [0, 0.05) is 25.6 Å². The molecule has 3 amide bonds. The van der Waals surface area contributed by atoms with Crippen LogP contribution in [-0.4, -0.2) is 44.7 Å². The van der Waals surface area contributed by atoms with Crippen LogP contribution < -0.4 is 11.1 Å². The molecule has 1 aromatic heterocycles. The Balaban J connectivity index is 1.80. The van der Waals surface area contributed by atoms with E-state index in [9.17, 15) is 9.59 Å². The molecule has 0 atom stereocenters. The van der Waals surface area contributed by atoms with E-state index in [1.807, 2.05) is 11.5 Å². The predicted octanol–water partition coefficient (Wildman–Crippen LogP) is -0.295. The van der Waals surface area contributed by atoms with Crippen LogP contribution in [0.1, 0.15) is 25.6 Å². The Morgan fingerprint density at radius 3 is 2.75 bits per heavy atom. The van der Waals surface area contributed by atoms with Gasteiger partial charge in [-0.05, 0) is 19.8 Å². The molecule has 3 N–H and O–H groups in total. The van der Waals surface area contributed by atoms with Gasteiger partial charge in [0.15, 0.2) is 5.82 Å². The standard InChI is InChI=1S/C12H20N6O2/c1-2-17-8-15-16-10(17)7-14-11(19)9-3-5-18(6-4-9)12(13)20/h8-9H,2-7H2,1H3,(H2,13,20)(H,14,19). The van der Waals surface area contributed by atoms with Gasteiger partial charge in [0.25, 0.3) is 0 Å². The number of primary amides is 1. The van der Waals surface area contributed by atoms with E-state index in [0.717, 1.165) is 12.4 Å². The fourth-order valence-electron chi connectivity index (χ4n) is 2.35. The van der Waals surface area contributed by atoms with Crippen LogP contribution in [0.5, 0.6) is 0 Å². The molecule has 8 heteroatoms. The van der Waals surface area contributed by atoms with Crippen molar-refractivity contribution in [3.63, 3.8) is 0 Å². The lowest BCUT2D eigenvalue weighted by Gasteiger charge is -2.29. The molecule has 1 fully saturated rings. The van der Waals surface area contributed by atoms with E-state index < -0.39 is 6.03 Å². The summed E-state index contributed by atoms with van der Waals surface area (Å²) in [5, 5.41) is 10.7. The zero-order chi connectivity index (χ0) is 14.5. The van der Waals surface area contributed by atoms with Gasteiger partial charge in [-0.3, -0.25) is 4.79 Å². The van der Waals surface area contributed by atoms with Gasteiger partial charge in [-0.25, -0.2) is 4.79 Å². The van der Waals surface area contributed by atoms with Crippen LogP contribution >= 0.6 is 0 Å². The molecule has 2 rings (SSSR count). The van der Waals surface area contributed by atoms with Gasteiger partial charge < -0.3 is 20.5 Å². The zero-order valence-corrected chi connectivity index (χ0v) is 11.6. The molecule has 110 valence electrons. The minimum Gasteiger partial charge on any atom is -0.351 e. The van der Waals surface area contributed by atoms with E-state index >= 15 is 0 Å². The molecule has 0 unspecified atom stereocenters. The van der Waals surface area contributed by atoms with E-state index in [-0.39, 0.29) is 11.8 Å². The van der Waals surface area contributed by atoms with E-state index in [1.165, 1.54) is 0 Å². The van der Waals surface area contributed by atoms with Crippen LogP contribution in [0, 0.1) is 5.92 Å². The molecule has 1 aliphatic heterocycles. The van der Waals surface area contributed by atoms with Crippen LogP contribution in [0.3, 0.4) is 0 Å². The normalized spacial score (nSPS) is 16.1. The molecule has 0 aromatic carbocycles. The second-order valence-electron chi connectivity index (χ2n) is 4.85. The summed E-state index contributed by atoms with van der Waals surface area (Å²) in [4.78, 5) is 24.6. The molecule has 0 spiro atoms. The maximum absolute atomic E-state index is 12.1. The molecule has 20 heavy (non-hydrogen) atoms. The maximum atomic E-state index is 12.1. The summed E-state index contributed by atoms with van der Waals surface area (Å²) in [5.41, 5.74) is 5.21. The van der Waals surface area contributed by atoms with Gasteiger partial charge in [-0.1, -0.05) is 0 Å². The summed E-state index contributed by atoms with van der Waals surface area (Å²) >= 11 is 0. The Labute approximate surface area is 117 Å². The molecular weight excluding hydrogens is 260 g/mol. The minimum atomic E-state index is -0.417. The number of hydrogen-bond donors (Lipinski definition) is 2. The molecule has 1 aromatic rings. The highest BCUT2D eigenvalue weighted by Crippen LogP contribution is 2.17. The molecule has 0 saturated carbocycles. The highest BCUT2D eigenvalue weighted by molar-refractivity contribution is 5.79. The summed E-state index contributed by atoms with van der Waals surface area (Å²) in [6, 6.07) is -0.417. The van der Waals surface area contributed by atoms with Gasteiger partial charge >= 0.3 is 6.03 Å². The van der Waals surface area contributed by atoms with E-state index in [0.29, 0.717) is 32.5 Å². The first-order chi connectivity index (χ1) is 9.61. The summed E-state index contributed by atoms with van der Waals surface area (Å²) in [6.45, 7) is 4.23. The van der Waals surface area contributed by atoms with Crippen molar-refractivity contribution in [2.45, 2.75) is 32.9 Å². The van der Waals surface area contributed by atoms with Crippen molar-refractivity contribution in [1.29, 1.82) is 0 Å². The summed E-state index contributed by atoms with van der Waals surface area (Å²) in [6.07, 6.45) is 2.94. The van der Waals surface area contributed by atoms with Crippen LogP contribution in [-0.2, 0) is 17.9 Å². The van der Waals surface area contributed by atoms with Gasteiger partial charge in [0.05, 0.1) is 6.54 Å².